The highest BCUT2D eigenvalue weighted by atomic mass is 127. The van der Waals surface area contributed by atoms with E-state index < -0.39 is 0 Å². The molecule has 0 saturated heterocycles. The fourth-order valence-corrected chi connectivity index (χ4v) is 4.37. The van der Waals surface area contributed by atoms with Crippen molar-refractivity contribution in [2.45, 2.75) is 13.5 Å². The molecule has 0 amide bonds. The Morgan fingerprint density at radius 2 is 1.81 bits per heavy atom. The number of allylic oxidation sites excluding steroid dienone is 1. The number of hydrogen-bond acceptors (Lipinski definition) is 3. The van der Waals surface area contributed by atoms with Gasteiger partial charge in [-0.15, -0.1) is 0 Å². The van der Waals surface area contributed by atoms with E-state index in [2.05, 4.69) is 28.7 Å². The molecule has 0 aliphatic rings. The second kappa shape index (κ2) is 11.1. The maximum atomic E-state index is 9.69. The Hall–Kier alpha value is -1.91. The molecule has 3 aromatic rings. The van der Waals surface area contributed by atoms with Gasteiger partial charge in [0, 0.05) is 21.2 Å². The van der Waals surface area contributed by atoms with E-state index in [9.17, 15) is 5.26 Å². The first-order valence-corrected chi connectivity index (χ1v) is 11.5. The summed E-state index contributed by atoms with van der Waals surface area (Å²) >= 11 is 20.7. The topological polar surface area (TPSA) is 42.2 Å². The number of halogens is 4. The molecule has 0 N–H and O–H groups in total. The lowest BCUT2D eigenvalue weighted by molar-refractivity contribution is 0.267. The van der Waals surface area contributed by atoms with Crippen LogP contribution in [0.3, 0.4) is 0 Å². The summed E-state index contributed by atoms with van der Waals surface area (Å²) in [7, 11) is 0. The summed E-state index contributed by atoms with van der Waals surface area (Å²) in [6.45, 7) is 2.69. The van der Waals surface area contributed by atoms with E-state index >= 15 is 0 Å². The number of hydrogen-bond donors (Lipinski definition) is 0. The predicted molar refractivity (Wildman–Crippen MR) is 136 cm³/mol. The molecule has 0 spiro atoms. The maximum absolute atomic E-state index is 9.69. The molecule has 0 aliphatic heterocycles. The second-order valence-electron chi connectivity index (χ2n) is 6.44. The van der Waals surface area contributed by atoms with Crippen molar-refractivity contribution in [3.63, 3.8) is 0 Å². The fourth-order valence-electron chi connectivity index (χ4n) is 2.88. The first-order valence-electron chi connectivity index (χ1n) is 9.32. The minimum absolute atomic E-state index is 0.314. The lowest BCUT2D eigenvalue weighted by Crippen LogP contribution is -2.02. The van der Waals surface area contributed by atoms with E-state index in [-0.39, 0.29) is 0 Å². The summed E-state index contributed by atoms with van der Waals surface area (Å²) in [5.41, 5.74) is 2.71. The Kier molecular flexibility index (Phi) is 8.50. The van der Waals surface area contributed by atoms with E-state index in [0.717, 1.165) is 14.7 Å². The molecular weight excluding hydrogens is 568 g/mol. The van der Waals surface area contributed by atoms with Crippen LogP contribution in [0.1, 0.15) is 23.6 Å². The van der Waals surface area contributed by atoms with Gasteiger partial charge in [-0.05, 0) is 71.5 Å². The molecule has 0 aromatic heterocycles. The Bertz CT molecular complexity index is 1170. The van der Waals surface area contributed by atoms with Gasteiger partial charge in [-0.1, -0.05) is 59.1 Å². The van der Waals surface area contributed by atoms with Crippen molar-refractivity contribution >= 4 is 69.0 Å². The summed E-state index contributed by atoms with van der Waals surface area (Å²) in [6.07, 6.45) is 1.76. The van der Waals surface area contributed by atoms with Crippen molar-refractivity contribution in [3.8, 4) is 17.6 Å². The molecule has 31 heavy (non-hydrogen) atoms. The zero-order valence-corrected chi connectivity index (χ0v) is 20.9. The van der Waals surface area contributed by atoms with Gasteiger partial charge in [-0.3, -0.25) is 0 Å². The fraction of sp³-hybridized carbons (Fsp3) is 0.125. The highest BCUT2D eigenvalue weighted by molar-refractivity contribution is 14.1. The number of benzene rings is 3. The molecule has 0 unspecified atom stereocenters. The second-order valence-corrected chi connectivity index (χ2v) is 8.85. The number of nitrogens with zero attached hydrogens (tertiary/aromatic N) is 1. The average Bonchev–Trinajstić information content (AvgIpc) is 2.73. The van der Waals surface area contributed by atoms with Crippen LogP contribution < -0.4 is 9.47 Å². The highest BCUT2D eigenvalue weighted by Crippen LogP contribution is 2.37. The van der Waals surface area contributed by atoms with Gasteiger partial charge in [0.2, 0.25) is 0 Å². The van der Waals surface area contributed by atoms with Crippen LogP contribution in [0.25, 0.3) is 11.6 Å². The minimum atomic E-state index is 0.314. The van der Waals surface area contributed by atoms with Crippen molar-refractivity contribution in [2.24, 2.45) is 0 Å². The van der Waals surface area contributed by atoms with Gasteiger partial charge in [0.25, 0.3) is 0 Å². The highest BCUT2D eigenvalue weighted by Gasteiger charge is 2.14. The van der Waals surface area contributed by atoms with Crippen LogP contribution in [0.5, 0.6) is 11.5 Å². The molecule has 158 valence electrons. The third-order valence-corrected chi connectivity index (χ3v) is 6.03. The maximum Gasteiger partial charge on any atom is 0.175 e. The van der Waals surface area contributed by atoms with Crippen LogP contribution in [0.4, 0.5) is 0 Å². The average molecular weight is 585 g/mol. The molecule has 3 nitrogen and oxygen atoms in total. The van der Waals surface area contributed by atoms with Gasteiger partial charge in [0.15, 0.2) is 11.5 Å². The van der Waals surface area contributed by atoms with Crippen molar-refractivity contribution in [1.29, 1.82) is 5.26 Å². The summed E-state index contributed by atoms with van der Waals surface area (Å²) in [6, 6.07) is 18.6. The summed E-state index contributed by atoms with van der Waals surface area (Å²) in [4.78, 5) is 0. The van der Waals surface area contributed by atoms with E-state index in [1.54, 1.807) is 24.3 Å². The third kappa shape index (κ3) is 6.08. The quantitative estimate of drug-likeness (QED) is 0.159. The smallest absolute Gasteiger partial charge is 0.175 e. The molecule has 3 rings (SSSR count). The van der Waals surface area contributed by atoms with Crippen LogP contribution in [0, 0.1) is 14.9 Å². The van der Waals surface area contributed by atoms with E-state index in [0.29, 0.717) is 50.9 Å². The van der Waals surface area contributed by atoms with Crippen molar-refractivity contribution < 1.29 is 9.47 Å². The monoisotopic (exact) mass is 583 g/mol. The summed E-state index contributed by atoms with van der Waals surface area (Å²) < 4.78 is 12.7. The first-order chi connectivity index (χ1) is 14.9. The van der Waals surface area contributed by atoms with Crippen LogP contribution in [-0.2, 0) is 6.61 Å². The number of ether oxygens (including phenoxy) is 2. The molecule has 0 radical (unpaired) electrons. The Labute approximate surface area is 210 Å². The van der Waals surface area contributed by atoms with Gasteiger partial charge in [0.05, 0.1) is 26.8 Å². The zero-order valence-electron chi connectivity index (χ0n) is 16.5. The van der Waals surface area contributed by atoms with Crippen LogP contribution in [-0.4, -0.2) is 6.61 Å². The Balaban J connectivity index is 1.96. The molecular formula is C24H17Cl3INO2. The molecule has 0 saturated carbocycles. The lowest BCUT2D eigenvalue weighted by atomic mass is 10.0. The summed E-state index contributed by atoms with van der Waals surface area (Å²) in [5.74, 6) is 1.22. The normalized spacial score (nSPS) is 11.2. The van der Waals surface area contributed by atoms with E-state index in [4.69, 9.17) is 44.3 Å². The molecule has 0 heterocycles. The van der Waals surface area contributed by atoms with Gasteiger partial charge in [-0.25, -0.2) is 0 Å². The third-order valence-electron chi connectivity index (χ3n) is 4.31. The van der Waals surface area contributed by atoms with E-state index in [1.807, 2.05) is 43.3 Å². The summed E-state index contributed by atoms with van der Waals surface area (Å²) in [5, 5.41) is 11.3. The number of rotatable bonds is 7. The molecule has 0 atom stereocenters. The largest absolute Gasteiger partial charge is 0.490 e. The van der Waals surface area contributed by atoms with Crippen molar-refractivity contribution in [1.82, 2.24) is 0 Å². The van der Waals surface area contributed by atoms with Crippen molar-refractivity contribution in [3.05, 3.63) is 89.9 Å². The standard InChI is InChI=1S/C24H17Cl3INO2/c1-2-30-23-11-15(9-17(13-29)19-8-7-18(25)12-21(19)27)10-22(28)24(23)31-14-16-5-3-4-6-20(16)26/h3-12H,2,14H2,1H3/b17-9+. The minimum Gasteiger partial charge on any atom is -0.490 e. The van der Waals surface area contributed by atoms with Crippen LogP contribution in [0.15, 0.2) is 54.6 Å². The Morgan fingerprint density at radius 1 is 1.03 bits per heavy atom. The van der Waals surface area contributed by atoms with E-state index in [1.165, 1.54) is 0 Å². The van der Waals surface area contributed by atoms with Gasteiger partial charge in [0.1, 0.15) is 6.61 Å². The SMILES string of the molecule is CCOc1cc(/C=C(\C#N)c2ccc(Cl)cc2Cl)cc(I)c1OCc1ccccc1Cl. The molecule has 0 fully saturated rings. The zero-order chi connectivity index (χ0) is 22.4. The molecule has 0 aliphatic carbocycles. The van der Waals surface area contributed by atoms with Gasteiger partial charge in [-0.2, -0.15) is 5.26 Å². The van der Waals surface area contributed by atoms with Crippen LogP contribution in [0.2, 0.25) is 15.1 Å². The molecule has 7 heteroatoms. The first kappa shape index (κ1) is 23.7. The van der Waals surface area contributed by atoms with Crippen LogP contribution >= 0.6 is 57.4 Å². The molecule has 0 bridgehead atoms. The lowest BCUT2D eigenvalue weighted by Gasteiger charge is -2.15. The van der Waals surface area contributed by atoms with Gasteiger partial charge >= 0.3 is 0 Å². The predicted octanol–water partition coefficient (Wildman–Crippen LogP) is 8.29. The van der Waals surface area contributed by atoms with Crippen molar-refractivity contribution in [2.75, 3.05) is 6.61 Å². The van der Waals surface area contributed by atoms with Gasteiger partial charge < -0.3 is 9.47 Å². The Morgan fingerprint density at radius 3 is 2.48 bits per heavy atom. The molecule has 3 aromatic carbocycles. The number of nitriles is 1.